The first-order valence-electron chi connectivity index (χ1n) is 9.45. The molecule has 0 aromatic heterocycles. The predicted molar refractivity (Wildman–Crippen MR) is 106 cm³/mol. The summed E-state index contributed by atoms with van der Waals surface area (Å²) in [5.41, 5.74) is -1.28. The number of carbonyl (C=O) groups excluding carboxylic acids is 2. The van der Waals surface area contributed by atoms with Crippen molar-refractivity contribution >= 4 is 11.9 Å². The fourth-order valence-corrected chi connectivity index (χ4v) is 2.63. The zero-order valence-electron chi connectivity index (χ0n) is 18.0. The standard InChI is InChI=1S/C21H33NO6/c1-8-26-17-11-9-16(10-12-17)21(6,22-19(24)28-20(3,4)5)18(23)13-15(2)14-27-25-7/h9-12,15H,8,13-14H2,1-7H3,(H,22,24). The number of benzene rings is 1. The molecule has 1 aromatic rings. The molecule has 0 fully saturated rings. The highest BCUT2D eigenvalue weighted by Crippen LogP contribution is 2.28. The van der Waals surface area contributed by atoms with E-state index in [0.29, 0.717) is 17.9 Å². The van der Waals surface area contributed by atoms with Crippen molar-refractivity contribution in [2.45, 2.75) is 59.1 Å². The van der Waals surface area contributed by atoms with Gasteiger partial charge in [-0.1, -0.05) is 19.1 Å². The Bertz CT molecular complexity index is 637. The summed E-state index contributed by atoms with van der Waals surface area (Å²) >= 11 is 0. The molecule has 0 saturated heterocycles. The van der Waals surface area contributed by atoms with Gasteiger partial charge in [0.1, 0.15) is 16.9 Å². The highest BCUT2D eigenvalue weighted by Gasteiger charge is 2.38. The highest BCUT2D eigenvalue weighted by molar-refractivity contribution is 5.92. The third kappa shape index (κ3) is 7.48. The minimum atomic E-state index is -1.26. The molecular formula is C21H33NO6. The van der Waals surface area contributed by atoms with Crippen LogP contribution in [0, 0.1) is 5.92 Å². The summed E-state index contributed by atoms with van der Waals surface area (Å²) in [6.45, 7) is 11.6. The molecule has 7 heteroatoms. The van der Waals surface area contributed by atoms with Gasteiger partial charge in [-0.15, -0.1) is 0 Å². The van der Waals surface area contributed by atoms with E-state index in [1.165, 1.54) is 7.11 Å². The number of hydrogen-bond donors (Lipinski definition) is 1. The maximum Gasteiger partial charge on any atom is 0.408 e. The number of carbonyl (C=O) groups is 2. The Balaban J connectivity index is 3.10. The SMILES string of the molecule is CCOc1ccc(C(C)(NC(=O)OC(C)(C)C)C(=O)CC(C)COOC)cc1. The maximum atomic E-state index is 13.2. The van der Waals surface area contributed by atoms with E-state index in [9.17, 15) is 9.59 Å². The summed E-state index contributed by atoms with van der Waals surface area (Å²) in [6.07, 6.45) is -0.457. The fraction of sp³-hybridized carbons (Fsp3) is 0.619. The van der Waals surface area contributed by atoms with Crippen molar-refractivity contribution in [3.63, 3.8) is 0 Å². The van der Waals surface area contributed by atoms with Crippen molar-refractivity contribution in [2.75, 3.05) is 20.3 Å². The smallest absolute Gasteiger partial charge is 0.408 e. The second-order valence-electron chi connectivity index (χ2n) is 7.89. The molecule has 7 nitrogen and oxygen atoms in total. The summed E-state index contributed by atoms with van der Waals surface area (Å²) < 4.78 is 10.8. The van der Waals surface area contributed by atoms with Crippen LogP contribution < -0.4 is 10.1 Å². The molecule has 0 aliphatic heterocycles. The van der Waals surface area contributed by atoms with Gasteiger partial charge < -0.3 is 14.8 Å². The molecule has 0 spiro atoms. The first-order valence-corrected chi connectivity index (χ1v) is 9.45. The third-order valence-corrected chi connectivity index (χ3v) is 4.06. The lowest BCUT2D eigenvalue weighted by molar-refractivity contribution is -0.279. The molecule has 1 N–H and O–H groups in total. The molecule has 0 saturated carbocycles. The van der Waals surface area contributed by atoms with Gasteiger partial charge in [-0.2, -0.15) is 0 Å². The van der Waals surface area contributed by atoms with E-state index < -0.39 is 17.2 Å². The van der Waals surface area contributed by atoms with E-state index in [2.05, 4.69) is 10.2 Å². The molecule has 1 amide bonds. The van der Waals surface area contributed by atoms with E-state index in [4.69, 9.17) is 14.4 Å². The van der Waals surface area contributed by atoms with Crippen LogP contribution in [0.25, 0.3) is 0 Å². The second kappa shape index (κ2) is 10.4. The van der Waals surface area contributed by atoms with Gasteiger partial charge in [0.25, 0.3) is 0 Å². The minimum Gasteiger partial charge on any atom is -0.494 e. The zero-order valence-corrected chi connectivity index (χ0v) is 18.0. The van der Waals surface area contributed by atoms with Crippen molar-refractivity contribution in [1.82, 2.24) is 5.32 Å². The molecule has 2 atom stereocenters. The van der Waals surface area contributed by atoms with Crippen LogP contribution in [0.3, 0.4) is 0 Å². The van der Waals surface area contributed by atoms with Gasteiger partial charge in [-0.05, 0) is 58.2 Å². The second-order valence-corrected chi connectivity index (χ2v) is 7.89. The molecule has 28 heavy (non-hydrogen) atoms. The predicted octanol–water partition coefficient (Wildman–Crippen LogP) is 4.00. The summed E-state index contributed by atoms with van der Waals surface area (Å²) in [4.78, 5) is 35.1. The van der Waals surface area contributed by atoms with E-state index in [0.717, 1.165) is 0 Å². The molecule has 2 unspecified atom stereocenters. The van der Waals surface area contributed by atoms with Crippen LogP contribution in [-0.2, 0) is 24.8 Å². The molecule has 0 bridgehead atoms. The number of amides is 1. The lowest BCUT2D eigenvalue weighted by Crippen LogP contribution is -2.51. The molecule has 158 valence electrons. The number of hydrogen-bond acceptors (Lipinski definition) is 6. The van der Waals surface area contributed by atoms with Crippen LogP contribution in [0.1, 0.15) is 53.5 Å². The van der Waals surface area contributed by atoms with Crippen molar-refractivity contribution in [3.05, 3.63) is 29.8 Å². The Morgan fingerprint density at radius 1 is 1.11 bits per heavy atom. The molecular weight excluding hydrogens is 362 g/mol. The topological polar surface area (TPSA) is 83.1 Å². The number of alkyl carbamates (subject to hydrolysis) is 1. The first kappa shape index (κ1) is 23.9. The van der Waals surface area contributed by atoms with Crippen molar-refractivity contribution in [2.24, 2.45) is 5.92 Å². The highest BCUT2D eigenvalue weighted by atomic mass is 17.2. The number of Topliss-reactive ketones (excluding diaryl/α,β-unsaturated/α-hetero) is 1. The molecule has 0 radical (unpaired) electrons. The van der Waals surface area contributed by atoms with Crippen LogP contribution >= 0.6 is 0 Å². The van der Waals surface area contributed by atoms with Crippen LogP contribution in [0.15, 0.2) is 24.3 Å². The fourth-order valence-electron chi connectivity index (χ4n) is 2.63. The summed E-state index contributed by atoms with van der Waals surface area (Å²) in [7, 11) is 1.42. The van der Waals surface area contributed by atoms with Crippen LogP contribution in [0.4, 0.5) is 4.79 Å². The zero-order chi connectivity index (χ0) is 21.4. The molecule has 0 aliphatic rings. The van der Waals surface area contributed by atoms with Gasteiger partial charge in [0.05, 0.1) is 20.3 Å². The van der Waals surface area contributed by atoms with Crippen molar-refractivity contribution < 1.29 is 28.8 Å². The molecule has 1 aromatic carbocycles. The molecule has 0 heterocycles. The largest absolute Gasteiger partial charge is 0.494 e. The average Bonchev–Trinajstić information content (AvgIpc) is 2.58. The van der Waals surface area contributed by atoms with E-state index in [1.807, 2.05) is 13.8 Å². The van der Waals surface area contributed by atoms with Crippen LogP contribution in [0.5, 0.6) is 5.75 Å². The lowest BCUT2D eigenvalue weighted by Gasteiger charge is -2.32. The Morgan fingerprint density at radius 3 is 2.21 bits per heavy atom. The van der Waals surface area contributed by atoms with Gasteiger partial charge in [-0.3, -0.25) is 4.79 Å². The summed E-state index contributed by atoms with van der Waals surface area (Å²) in [5.74, 6) is 0.449. The van der Waals surface area contributed by atoms with Gasteiger partial charge in [0.2, 0.25) is 0 Å². The molecule has 0 aliphatic carbocycles. The Morgan fingerprint density at radius 2 is 1.71 bits per heavy atom. The lowest BCUT2D eigenvalue weighted by atomic mass is 9.83. The average molecular weight is 395 g/mol. The Labute approximate surface area is 167 Å². The van der Waals surface area contributed by atoms with Crippen molar-refractivity contribution in [1.29, 1.82) is 0 Å². The minimum absolute atomic E-state index is 0.0880. The number of rotatable bonds is 10. The van der Waals surface area contributed by atoms with E-state index >= 15 is 0 Å². The first-order chi connectivity index (χ1) is 13.0. The normalized spacial score (nSPS) is 14.7. The third-order valence-electron chi connectivity index (χ3n) is 4.06. The van der Waals surface area contributed by atoms with Gasteiger partial charge in [-0.25, -0.2) is 14.6 Å². The van der Waals surface area contributed by atoms with Gasteiger partial charge >= 0.3 is 6.09 Å². The van der Waals surface area contributed by atoms with Crippen LogP contribution in [0.2, 0.25) is 0 Å². The Kier molecular flexibility index (Phi) is 8.91. The Hall–Kier alpha value is -2.12. The quantitative estimate of drug-likeness (QED) is 0.476. The van der Waals surface area contributed by atoms with Crippen molar-refractivity contribution in [3.8, 4) is 5.75 Å². The van der Waals surface area contributed by atoms with Crippen LogP contribution in [-0.4, -0.2) is 37.8 Å². The van der Waals surface area contributed by atoms with Gasteiger partial charge in [0.15, 0.2) is 5.78 Å². The van der Waals surface area contributed by atoms with E-state index in [1.54, 1.807) is 52.0 Å². The molecule has 1 rings (SSSR count). The summed E-state index contributed by atoms with van der Waals surface area (Å²) in [5, 5.41) is 2.76. The maximum absolute atomic E-state index is 13.2. The van der Waals surface area contributed by atoms with E-state index in [-0.39, 0.29) is 24.7 Å². The monoisotopic (exact) mass is 395 g/mol. The summed E-state index contributed by atoms with van der Waals surface area (Å²) in [6, 6.07) is 7.10. The number of ketones is 1. The number of nitrogens with one attached hydrogen (secondary N) is 1. The van der Waals surface area contributed by atoms with Gasteiger partial charge in [0, 0.05) is 6.42 Å². The number of ether oxygens (including phenoxy) is 2.